The first-order valence-corrected chi connectivity index (χ1v) is 5.94. The van der Waals surface area contributed by atoms with Crippen molar-refractivity contribution in [1.82, 2.24) is 0 Å². The number of fused-ring (bicyclic) bond motifs is 1. The second-order valence-electron chi connectivity index (χ2n) is 3.35. The average molecular weight is 276 g/mol. The summed E-state index contributed by atoms with van der Waals surface area (Å²) in [4.78, 5) is 10.2. The van der Waals surface area contributed by atoms with Crippen molar-refractivity contribution in [3.8, 4) is 5.75 Å². The largest absolute Gasteiger partial charge is 0.507 e. The van der Waals surface area contributed by atoms with Crippen molar-refractivity contribution in [2.24, 2.45) is 5.18 Å². The van der Waals surface area contributed by atoms with Crippen LogP contribution in [0.4, 0.5) is 5.69 Å². The van der Waals surface area contributed by atoms with E-state index in [0.717, 1.165) is 12.1 Å². The van der Waals surface area contributed by atoms with E-state index < -0.39 is 10.1 Å². The standard InChI is InChI=1S/C10H7NO5S.Na/c12-8-3-1-2-6-9(17(14,15)16)5-4-7(11-13)10(6)8;/h1-5,12H,(H,14,15,16);. The molecule has 0 aliphatic carbocycles. The van der Waals surface area contributed by atoms with Gasteiger partial charge in [0.1, 0.15) is 16.3 Å². The first kappa shape index (κ1) is 15.1. The minimum absolute atomic E-state index is 0. The molecule has 89 valence electrons. The maximum Gasteiger partial charge on any atom is 0.295 e. The summed E-state index contributed by atoms with van der Waals surface area (Å²) in [7, 11) is -4.43. The number of aromatic hydroxyl groups is 1. The van der Waals surface area contributed by atoms with Crippen LogP contribution in [-0.2, 0) is 10.1 Å². The van der Waals surface area contributed by atoms with Crippen LogP contribution >= 0.6 is 0 Å². The van der Waals surface area contributed by atoms with E-state index in [1.54, 1.807) is 0 Å². The van der Waals surface area contributed by atoms with Crippen LogP contribution in [0.3, 0.4) is 0 Å². The maximum absolute atomic E-state index is 11.1. The molecule has 0 saturated carbocycles. The van der Waals surface area contributed by atoms with E-state index in [9.17, 15) is 18.4 Å². The number of hydrogen-bond donors (Lipinski definition) is 2. The van der Waals surface area contributed by atoms with E-state index in [4.69, 9.17) is 4.55 Å². The molecule has 0 atom stereocenters. The van der Waals surface area contributed by atoms with E-state index in [2.05, 4.69) is 5.18 Å². The van der Waals surface area contributed by atoms with Crippen LogP contribution < -0.4 is 0 Å². The summed E-state index contributed by atoms with van der Waals surface area (Å²) in [5.74, 6) is -0.275. The molecule has 2 aromatic carbocycles. The summed E-state index contributed by atoms with van der Waals surface area (Å²) in [5, 5.41) is 12.3. The molecule has 0 fully saturated rings. The summed E-state index contributed by atoms with van der Waals surface area (Å²) >= 11 is 0. The fourth-order valence-corrected chi connectivity index (χ4v) is 2.33. The molecule has 1 radical (unpaired) electrons. The third kappa shape index (κ3) is 2.55. The van der Waals surface area contributed by atoms with Crippen molar-refractivity contribution in [3.63, 3.8) is 0 Å². The van der Waals surface area contributed by atoms with Gasteiger partial charge in [0, 0.05) is 34.9 Å². The van der Waals surface area contributed by atoms with Gasteiger partial charge in [0.2, 0.25) is 0 Å². The van der Waals surface area contributed by atoms with Gasteiger partial charge in [-0.2, -0.15) is 8.42 Å². The topological polar surface area (TPSA) is 104 Å². The number of nitroso groups, excluding NO2 is 1. The molecule has 0 aliphatic heterocycles. The Bertz CT molecular complexity index is 714. The van der Waals surface area contributed by atoms with Gasteiger partial charge in [0.15, 0.2) is 0 Å². The van der Waals surface area contributed by atoms with Crippen LogP contribution in [0.5, 0.6) is 5.75 Å². The summed E-state index contributed by atoms with van der Waals surface area (Å²) in [6.07, 6.45) is 0. The van der Waals surface area contributed by atoms with Crippen molar-refractivity contribution in [2.75, 3.05) is 0 Å². The van der Waals surface area contributed by atoms with E-state index in [1.807, 2.05) is 0 Å². The zero-order valence-corrected chi connectivity index (χ0v) is 12.2. The van der Waals surface area contributed by atoms with Crippen LogP contribution in [0.15, 0.2) is 40.4 Å². The molecule has 2 N–H and O–H groups in total. The van der Waals surface area contributed by atoms with E-state index in [-0.39, 0.29) is 56.7 Å². The molecule has 2 rings (SSSR count). The van der Waals surface area contributed by atoms with Crippen molar-refractivity contribution < 1.29 is 18.1 Å². The quantitative estimate of drug-likeness (QED) is 0.494. The normalized spacial score (nSPS) is 10.9. The Morgan fingerprint density at radius 1 is 1.11 bits per heavy atom. The number of hydrogen-bond acceptors (Lipinski definition) is 5. The second-order valence-corrected chi connectivity index (χ2v) is 4.74. The van der Waals surface area contributed by atoms with Crippen LogP contribution in [0.25, 0.3) is 10.8 Å². The van der Waals surface area contributed by atoms with Gasteiger partial charge in [-0.25, -0.2) is 0 Å². The van der Waals surface area contributed by atoms with Gasteiger partial charge >= 0.3 is 0 Å². The molecule has 0 spiro atoms. The van der Waals surface area contributed by atoms with Crippen molar-refractivity contribution in [3.05, 3.63) is 35.2 Å². The molecule has 8 heteroatoms. The summed E-state index contributed by atoms with van der Waals surface area (Å²) in [6, 6.07) is 6.25. The SMILES string of the molecule is O=Nc1ccc(S(=O)(=O)O)c2cccc(O)c12.[Na]. The third-order valence-corrected chi connectivity index (χ3v) is 3.24. The molecular weight excluding hydrogens is 269 g/mol. The maximum atomic E-state index is 11.1. The van der Waals surface area contributed by atoms with Gasteiger partial charge in [0.05, 0.1) is 5.39 Å². The molecule has 0 unspecified atom stereocenters. The molecule has 0 aromatic heterocycles. The summed E-state index contributed by atoms with van der Waals surface area (Å²) in [6.45, 7) is 0. The summed E-state index contributed by atoms with van der Waals surface area (Å²) < 4.78 is 31.3. The van der Waals surface area contributed by atoms with Crippen molar-refractivity contribution >= 4 is 56.1 Å². The van der Waals surface area contributed by atoms with Crippen LogP contribution in [0, 0.1) is 4.91 Å². The molecule has 0 saturated heterocycles. The van der Waals surface area contributed by atoms with Crippen molar-refractivity contribution in [1.29, 1.82) is 0 Å². The molecular formula is C10H7NNaO5S. The number of benzene rings is 2. The minimum atomic E-state index is -4.43. The van der Waals surface area contributed by atoms with Gasteiger partial charge in [-0.1, -0.05) is 12.1 Å². The average Bonchev–Trinajstić information content (AvgIpc) is 2.26. The number of phenolic OH excluding ortho intramolecular Hbond substituents is 1. The molecule has 0 aliphatic rings. The smallest absolute Gasteiger partial charge is 0.295 e. The van der Waals surface area contributed by atoms with E-state index in [1.165, 1.54) is 18.2 Å². The first-order valence-electron chi connectivity index (χ1n) is 4.50. The first-order chi connectivity index (χ1) is 7.95. The number of rotatable bonds is 2. The zero-order valence-electron chi connectivity index (χ0n) is 9.36. The summed E-state index contributed by atoms with van der Waals surface area (Å²) in [5.41, 5.74) is -0.0921. The Morgan fingerprint density at radius 3 is 2.33 bits per heavy atom. The van der Waals surface area contributed by atoms with E-state index in [0.29, 0.717) is 0 Å². The monoisotopic (exact) mass is 276 g/mol. The predicted molar refractivity (Wildman–Crippen MR) is 66.6 cm³/mol. The van der Waals surface area contributed by atoms with Gasteiger partial charge in [0.25, 0.3) is 10.1 Å². The minimum Gasteiger partial charge on any atom is -0.507 e. The Kier molecular flexibility index (Phi) is 4.46. The van der Waals surface area contributed by atoms with Gasteiger partial charge in [-0.15, -0.1) is 4.91 Å². The second kappa shape index (κ2) is 5.33. The molecule has 0 heterocycles. The Hall–Kier alpha value is -0.990. The molecule has 18 heavy (non-hydrogen) atoms. The molecule has 6 nitrogen and oxygen atoms in total. The van der Waals surface area contributed by atoms with Gasteiger partial charge in [-0.05, 0) is 23.4 Å². The Morgan fingerprint density at radius 2 is 1.78 bits per heavy atom. The third-order valence-electron chi connectivity index (χ3n) is 2.33. The fraction of sp³-hybridized carbons (Fsp3) is 0. The molecule has 0 amide bonds. The molecule has 0 bridgehead atoms. The zero-order chi connectivity index (χ0) is 12.6. The number of phenols is 1. The predicted octanol–water partition coefficient (Wildman–Crippen LogP) is 1.81. The van der Waals surface area contributed by atoms with Crippen LogP contribution in [0.1, 0.15) is 0 Å². The molecule has 2 aromatic rings. The van der Waals surface area contributed by atoms with Gasteiger partial charge < -0.3 is 5.11 Å². The Labute approximate surface area is 125 Å². The van der Waals surface area contributed by atoms with Crippen LogP contribution in [0.2, 0.25) is 0 Å². The fourth-order valence-electron chi connectivity index (χ4n) is 1.64. The van der Waals surface area contributed by atoms with E-state index >= 15 is 0 Å². The van der Waals surface area contributed by atoms with Crippen molar-refractivity contribution in [2.45, 2.75) is 4.90 Å². The van der Waals surface area contributed by atoms with Gasteiger partial charge in [-0.3, -0.25) is 4.55 Å². The number of nitrogens with zero attached hydrogens (tertiary/aromatic N) is 1. The van der Waals surface area contributed by atoms with Crippen LogP contribution in [-0.4, -0.2) is 47.6 Å². The Balaban J connectivity index is 0.00000162.